The van der Waals surface area contributed by atoms with Crippen LogP contribution >= 0.6 is 22.6 Å². The summed E-state index contributed by atoms with van der Waals surface area (Å²) in [6.07, 6.45) is 4.61. The number of nitrogens with zero attached hydrogens (tertiary/aromatic N) is 1. The van der Waals surface area contributed by atoms with Crippen molar-refractivity contribution in [2.24, 2.45) is 5.92 Å². The van der Waals surface area contributed by atoms with E-state index in [0.717, 1.165) is 25.7 Å². The molecule has 0 radical (unpaired) electrons. The summed E-state index contributed by atoms with van der Waals surface area (Å²) in [6.45, 7) is -0.509. The number of benzene rings is 2. The fraction of sp³-hybridized carbons (Fsp3) is 0.500. The largest absolute Gasteiger partial charge is 0.493 e. The van der Waals surface area contributed by atoms with Crippen molar-refractivity contribution in [3.8, 4) is 11.5 Å². The van der Waals surface area contributed by atoms with Crippen molar-refractivity contribution in [3.05, 3.63) is 68.6 Å². The zero-order chi connectivity index (χ0) is 30.9. The number of carbonyl (C=O) groups excluding carboxylic acids is 2. The van der Waals surface area contributed by atoms with E-state index >= 15 is 0 Å². The molecule has 0 aliphatic heterocycles. The second-order valence-electron chi connectivity index (χ2n) is 11.1. The van der Waals surface area contributed by atoms with Crippen LogP contribution in [0.3, 0.4) is 0 Å². The summed E-state index contributed by atoms with van der Waals surface area (Å²) in [6, 6.07) is 8.66. The summed E-state index contributed by atoms with van der Waals surface area (Å²) >= 11 is 2.04. The molecule has 1 fully saturated rings. The molecule has 1 saturated carbocycles. The second kappa shape index (κ2) is 15.8. The Balaban J connectivity index is 1.70. The van der Waals surface area contributed by atoms with Gasteiger partial charge in [-0.1, -0.05) is 43.9 Å². The number of aliphatic hydroxyl groups is 3. The van der Waals surface area contributed by atoms with Crippen molar-refractivity contribution in [2.75, 3.05) is 20.3 Å². The van der Waals surface area contributed by atoms with Crippen molar-refractivity contribution < 1.29 is 38.8 Å². The van der Waals surface area contributed by atoms with Crippen molar-refractivity contribution >= 4 is 34.4 Å². The lowest BCUT2D eigenvalue weighted by atomic mass is 9.87. The average Bonchev–Trinajstić information content (AvgIpc) is 3.54. The molecule has 4 rings (SSSR count). The smallest absolute Gasteiger partial charge is 0.247 e. The lowest BCUT2D eigenvalue weighted by molar-refractivity contribution is -0.139. The summed E-state index contributed by atoms with van der Waals surface area (Å²) in [4.78, 5) is 28.5. The molecular formula is C32H40FIN2O7. The molecule has 11 heteroatoms. The zero-order valence-corrected chi connectivity index (χ0v) is 26.5. The molecule has 0 unspecified atom stereocenters. The van der Waals surface area contributed by atoms with Crippen molar-refractivity contribution in [2.45, 2.75) is 76.3 Å². The van der Waals surface area contributed by atoms with Gasteiger partial charge in [0.2, 0.25) is 11.8 Å². The Hall–Kier alpha value is -2.74. The summed E-state index contributed by atoms with van der Waals surface area (Å²) in [7, 11) is 1.46. The van der Waals surface area contributed by atoms with Crippen LogP contribution in [0, 0.1) is 15.3 Å². The number of carbonyl (C=O) groups is 2. The third kappa shape index (κ3) is 8.46. The van der Waals surface area contributed by atoms with Crippen molar-refractivity contribution in [1.82, 2.24) is 10.2 Å². The molecule has 2 aliphatic rings. The van der Waals surface area contributed by atoms with Gasteiger partial charge in [-0.05, 0) is 64.8 Å². The number of amides is 2. The Morgan fingerprint density at radius 3 is 2.58 bits per heavy atom. The Kier molecular flexibility index (Phi) is 12.2. The maximum absolute atomic E-state index is 14.9. The minimum absolute atomic E-state index is 0.0135. The first-order valence-corrected chi connectivity index (χ1v) is 15.8. The van der Waals surface area contributed by atoms with Gasteiger partial charge in [0.1, 0.15) is 18.0 Å². The highest BCUT2D eigenvalue weighted by Crippen LogP contribution is 2.38. The highest BCUT2D eigenvalue weighted by Gasteiger charge is 2.41. The van der Waals surface area contributed by atoms with Gasteiger partial charge in [0.05, 0.1) is 29.9 Å². The molecule has 3 atom stereocenters. The minimum Gasteiger partial charge on any atom is -0.493 e. The van der Waals surface area contributed by atoms with Gasteiger partial charge in [-0.3, -0.25) is 9.59 Å². The van der Waals surface area contributed by atoms with Crippen LogP contribution in [0.15, 0.2) is 48.0 Å². The number of hydrogen-bond donors (Lipinski definition) is 4. The standard InChI is InChI=1S/C32H40FIN2O7/c1-42-28-15-21(19-38)14-25(34)31(28)43-27-17-23(32(41)35-12-13-37)16-26(30(27)40)36(18-22-8-4-5-9-24(22)33)29(39)11-10-20-6-2-3-7-20/h4-5,8-9,14-15,17,20,26-27,30,37-38,40H,2-3,6-7,10-13,16,18-19H2,1H3,(H,35,41)/t26-,27+,30+/m1/s1. The maximum Gasteiger partial charge on any atom is 0.247 e. The first kappa shape index (κ1) is 33.2. The van der Waals surface area contributed by atoms with Gasteiger partial charge in [0, 0.05) is 37.1 Å². The zero-order valence-electron chi connectivity index (χ0n) is 24.3. The molecule has 4 N–H and O–H groups in total. The third-order valence-electron chi connectivity index (χ3n) is 8.20. The molecule has 0 spiro atoms. The Morgan fingerprint density at radius 2 is 1.91 bits per heavy atom. The van der Waals surface area contributed by atoms with Crippen LogP contribution in [0.5, 0.6) is 11.5 Å². The molecule has 0 saturated heterocycles. The van der Waals surface area contributed by atoms with Crippen molar-refractivity contribution in [3.63, 3.8) is 0 Å². The van der Waals surface area contributed by atoms with Gasteiger partial charge >= 0.3 is 0 Å². The SMILES string of the molecule is COc1cc(CO)cc(I)c1O[C@H]1C=C(C(=O)NCCO)C[C@@H](N(Cc2ccccc2F)C(=O)CCC2CCCC2)[C@@H]1O. The minimum atomic E-state index is -1.27. The highest BCUT2D eigenvalue weighted by atomic mass is 127. The van der Waals surface area contributed by atoms with Gasteiger partial charge in [0.25, 0.3) is 0 Å². The highest BCUT2D eigenvalue weighted by molar-refractivity contribution is 14.1. The van der Waals surface area contributed by atoms with E-state index in [0.29, 0.717) is 38.5 Å². The van der Waals surface area contributed by atoms with E-state index in [-0.39, 0.29) is 50.6 Å². The van der Waals surface area contributed by atoms with E-state index in [4.69, 9.17) is 9.47 Å². The van der Waals surface area contributed by atoms with Crippen molar-refractivity contribution in [1.29, 1.82) is 0 Å². The molecule has 0 aromatic heterocycles. The number of nitrogens with one attached hydrogen (secondary N) is 1. The molecule has 2 aromatic rings. The van der Waals surface area contributed by atoms with Crippen LogP contribution in [0.1, 0.15) is 56.1 Å². The van der Waals surface area contributed by atoms with Crippen LogP contribution in [-0.2, 0) is 22.7 Å². The fourth-order valence-electron chi connectivity index (χ4n) is 5.87. The van der Waals surface area contributed by atoms with Gasteiger partial charge in [0.15, 0.2) is 11.5 Å². The Labute approximate surface area is 265 Å². The third-order valence-corrected chi connectivity index (χ3v) is 9.00. The first-order chi connectivity index (χ1) is 20.7. The van der Waals surface area contributed by atoms with Gasteiger partial charge in [-0.2, -0.15) is 0 Å². The lowest BCUT2D eigenvalue weighted by Crippen LogP contribution is -2.55. The van der Waals surface area contributed by atoms with E-state index < -0.39 is 30.0 Å². The van der Waals surface area contributed by atoms with Crippen LogP contribution in [0.4, 0.5) is 4.39 Å². The van der Waals surface area contributed by atoms with Crippen LogP contribution < -0.4 is 14.8 Å². The molecule has 0 heterocycles. The molecule has 9 nitrogen and oxygen atoms in total. The molecule has 43 heavy (non-hydrogen) atoms. The molecule has 2 aliphatic carbocycles. The van der Waals surface area contributed by atoms with Gasteiger partial charge < -0.3 is 35.0 Å². The number of ether oxygens (including phenoxy) is 2. The Bertz CT molecular complexity index is 1300. The molecule has 2 amide bonds. The molecule has 234 valence electrons. The summed E-state index contributed by atoms with van der Waals surface area (Å²) in [5, 5.41) is 33.3. The van der Waals surface area contributed by atoms with Crippen LogP contribution in [0.2, 0.25) is 0 Å². The van der Waals surface area contributed by atoms with Crippen LogP contribution in [-0.4, -0.2) is 70.5 Å². The Morgan fingerprint density at radius 1 is 1.16 bits per heavy atom. The maximum atomic E-state index is 14.9. The number of methoxy groups -OCH3 is 1. The lowest BCUT2D eigenvalue weighted by Gasteiger charge is -2.41. The average molecular weight is 711 g/mol. The summed E-state index contributed by atoms with van der Waals surface area (Å²) in [5.74, 6) is -0.0439. The number of rotatable bonds is 13. The van der Waals surface area contributed by atoms with E-state index in [1.165, 1.54) is 24.2 Å². The van der Waals surface area contributed by atoms with Gasteiger partial charge in [-0.15, -0.1) is 0 Å². The van der Waals surface area contributed by atoms with Crippen LogP contribution in [0.25, 0.3) is 0 Å². The second-order valence-corrected chi connectivity index (χ2v) is 12.2. The number of halogens is 2. The molecule has 0 bridgehead atoms. The van der Waals surface area contributed by atoms with E-state index in [1.54, 1.807) is 30.3 Å². The summed E-state index contributed by atoms with van der Waals surface area (Å²) < 4.78 is 27.3. The summed E-state index contributed by atoms with van der Waals surface area (Å²) in [5.41, 5.74) is 1.19. The predicted octanol–water partition coefficient (Wildman–Crippen LogP) is 3.85. The van der Waals surface area contributed by atoms with E-state index in [9.17, 15) is 29.3 Å². The normalized spacial score (nSPS) is 20.4. The number of hydrogen-bond acceptors (Lipinski definition) is 7. The topological polar surface area (TPSA) is 129 Å². The number of aliphatic hydroxyl groups excluding tert-OH is 3. The monoisotopic (exact) mass is 710 g/mol. The predicted molar refractivity (Wildman–Crippen MR) is 167 cm³/mol. The molecule has 2 aromatic carbocycles. The quantitative estimate of drug-likeness (QED) is 0.233. The fourth-order valence-corrected chi connectivity index (χ4v) is 6.66. The molecular weight excluding hydrogens is 670 g/mol. The first-order valence-electron chi connectivity index (χ1n) is 14.7. The van der Waals surface area contributed by atoms with E-state index in [2.05, 4.69) is 5.32 Å². The van der Waals surface area contributed by atoms with Gasteiger partial charge in [-0.25, -0.2) is 4.39 Å². The van der Waals surface area contributed by atoms with E-state index in [1.807, 2.05) is 22.6 Å².